The van der Waals surface area contributed by atoms with Gasteiger partial charge in [0.05, 0.1) is 17.8 Å². The molecule has 5 heteroatoms. The predicted molar refractivity (Wildman–Crippen MR) is 58.9 cm³/mol. The smallest absolute Gasteiger partial charge is 0.228 e. The highest BCUT2D eigenvalue weighted by Gasteiger charge is 2.11. The van der Waals surface area contributed by atoms with E-state index in [0.29, 0.717) is 17.2 Å². The van der Waals surface area contributed by atoms with Gasteiger partial charge in [-0.3, -0.25) is 0 Å². The monoisotopic (exact) mass is 312 g/mol. The lowest BCUT2D eigenvalue weighted by atomic mass is 10.3. The van der Waals surface area contributed by atoms with Crippen LogP contribution < -0.4 is 14.2 Å². The fraction of sp³-hybridized carbons (Fsp3) is 0.333. The number of methoxy groups -OCH3 is 2. The highest BCUT2D eigenvalue weighted by molar-refractivity contribution is 14.1. The van der Waals surface area contributed by atoms with Gasteiger partial charge in [0.2, 0.25) is 6.86 Å². The Morgan fingerprint density at radius 2 is 2.00 bits per heavy atom. The molecular formula is C9H10FIO3. The van der Waals surface area contributed by atoms with Gasteiger partial charge in [0.1, 0.15) is 5.75 Å². The second-order valence-corrected chi connectivity index (χ2v) is 3.56. The van der Waals surface area contributed by atoms with Gasteiger partial charge in [0, 0.05) is 6.07 Å². The summed E-state index contributed by atoms with van der Waals surface area (Å²) < 4.78 is 27.7. The van der Waals surface area contributed by atoms with Crippen molar-refractivity contribution in [2.75, 3.05) is 21.1 Å². The summed E-state index contributed by atoms with van der Waals surface area (Å²) >= 11 is 2.03. The van der Waals surface area contributed by atoms with Crippen molar-refractivity contribution in [2.24, 2.45) is 0 Å². The van der Waals surface area contributed by atoms with E-state index in [1.807, 2.05) is 22.6 Å². The standard InChI is InChI=1S/C9H10FIO3/c1-12-6-3-7(11)9(14-5-10)8(4-6)13-2/h3-4H,5H2,1-2H3. The van der Waals surface area contributed by atoms with Crippen molar-refractivity contribution in [3.63, 3.8) is 0 Å². The molecule has 3 nitrogen and oxygen atoms in total. The minimum Gasteiger partial charge on any atom is -0.497 e. The lowest BCUT2D eigenvalue weighted by Crippen LogP contribution is -1.97. The summed E-state index contributed by atoms with van der Waals surface area (Å²) in [5, 5.41) is 0. The Bertz CT molecular complexity index is 317. The first kappa shape index (κ1) is 11.4. The number of hydrogen-bond acceptors (Lipinski definition) is 3. The van der Waals surface area contributed by atoms with Gasteiger partial charge in [0.15, 0.2) is 11.5 Å². The molecule has 0 bridgehead atoms. The topological polar surface area (TPSA) is 27.7 Å². The van der Waals surface area contributed by atoms with Crippen molar-refractivity contribution in [1.82, 2.24) is 0 Å². The number of ether oxygens (including phenoxy) is 3. The van der Waals surface area contributed by atoms with E-state index in [-0.39, 0.29) is 0 Å². The predicted octanol–water partition coefficient (Wildman–Crippen LogP) is 2.61. The maximum absolute atomic E-state index is 12.0. The molecule has 0 unspecified atom stereocenters. The van der Waals surface area contributed by atoms with Crippen molar-refractivity contribution in [3.05, 3.63) is 15.7 Å². The Morgan fingerprint density at radius 3 is 2.50 bits per heavy atom. The number of benzene rings is 1. The molecule has 1 aromatic carbocycles. The van der Waals surface area contributed by atoms with Gasteiger partial charge in [-0.05, 0) is 28.7 Å². The third-order valence-corrected chi connectivity index (χ3v) is 2.44. The largest absolute Gasteiger partial charge is 0.497 e. The minimum atomic E-state index is -0.876. The van der Waals surface area contributed by atoms with Crippen LogP contribution in [0.3, 0.4) is 0 Å². The summed E-state index contributed by atoms with van der Waals surface area (Å²) in [4.78, 5) is 0. The average molecular weight is 312 g/mol. The Hall–Kier alpha value is -0.720. The lowest BCUT2D eigenvalue weighted by molar-refractivity contribution is 0.183. The van der Waals surface area contributed by atoms with Crippen molar-refractivity contribution >= 4 is 22.6 Å². The van der Waals surface area contributed by atoms with E-state index in [0.717, 1.165) is 3.57 Å². The van der Waals surface area contributed by atoms with Gasteiger partial charge in [-0.1, -0.05) is 0 Å². The van der Waals surface area contributed by atoms with Crippen molar-refractivity contribution in [1.29, 1.82) is 0 Å². The SMILES string of the molecule is COc1cc(I)c(OCF)c(OC)c1. The second-order valence-electron chi connectivity index (χ2n) is 2.39. The van der Waals surface area contributed by atoms with Crippen LogP contribution in [0.5, 0.6) is 17.2 Å². The van der Waals surface area contributed by atoms with Gasteiger partial charge in [0.25, 0.3) is 0 Å². The van der Waals surface area contributed by atoms with Crippen molar-refractivity contribution in [2.45, 2.75) is 0 Å². The molecule has 1 rings (SSSR count). The fourth-order valence-corrected chi connectivity index (χ4v) is 1.74. The van der Waals surface area contributed by atoms with Gasteiger partial charge in [-0.15, -0.1) is 0 Å². The summed E-state index contributed by atoms with van der Waals surface area (Å²) in [5.41, 5.74) is 0. The summed E-state index contributed by atoms with van der Waals surface area (Å²) in [5.74, 6) is 1.51. The second kappa shape index (κ2) is 5.23. The van der Waals surface area contributed by atoms with Gasteiger partial charge in [-0.25, -0.2) is 4.39 Å². The van der Waals surface area contributed by atoms with Crippen LogP contribution in [0.1, 0.15) is 0 Å². The maximum atomic E-state index is 12.0. The van der Waals surface area contributed by atoms with E-state index in [9.17, 15) is 4.39 Å². The van der Waals surface area contributed by atoms with Gasteiger partial charge < -0.3 is 14.2 Å². The molecular weight excluding hydrogens is 302 g/mol. The zero-order chi connectivity index (χ0) is 10.6. The number of alkyl halides is 1. The molecule has 14 heavy (non-hydrogen) atoms. The minimum absolute atomic E-state index is 0.399. The molecule has 0 radical (unpaired) electrons. The molecule has 0 saturated carbocycles. The quantitative estimate of drug-likeness (QED) is 0.800. The Balaban J connectivity index is 3.13. The van der Waals surface area contributed by atoms with Crippen LogP contribution in [0.2, 0.25) is 0 Å². The van der Waals surface area contributed by atoms with Gasteiger partial charge in [-0.2, -0.15) is 0 Å². The molecule has 0 N–H and O–H groups in total. The van der Waals surface area contributed by atoms with Crippen LogP contribution >= 0.6 is 22.6 Å². The Kier molecular flexibility index (Phi) is 4.24. The highest BCUT2D eigenvalue weighted by atomic mass is 127. The molecule has 0 atom stereocenters. The van der Waals surface area contributed by atoms with Crippen LogP contribution in [-0.4, -0.2) is 21.1 Å². The van der Waals surface area contributed by atoms with Crippen molar-refractivity contribution in [3.8, 4) is 17.2 Å². The normalized spacial score (nSPS) is 9.71. The molecule has 0 aromatic heterocycles. The van der Waals surface area contributed by atoms with Crippen LogP contribution in [-0.2, 0) is 0 Å². The molecule has 0 saturated heterocycles. The van der Waals surface area contributed by atoms with E-state index in [1.54, 1.807) is 19.2 Å². The zero-order valence-electron chi connectivity index (χ0n) is 7.84. The van der Waals surface area contributed by atoms with Gasteiger partial charge >= 0.3 is 0 Å². The Morgan fingerprint density at radius 1 is 1.29 bits per heavy atom. The van der Waals surface area contributed by atoms with E-state index < -0.39 is 6.86 Å². The molecule has 0 heterocycles. The average Bonchev–Trinajstić information content (AvgIpc) is 2.20. The van der Waals surface area contributed by atoms with E-state index >= 15 is 0 Å². The molecule has 0 fully saturated rings. The first-order valence-corrected chi connectivity index (χ1v) is 4.91. The molecule has 0 spiro atoms. The van der Waals surface area contributed by atoms with E-state index in [4.69, 9.17) is 14.2 Å². The molecule has 78 valence electrons. The van der Waals surface area contributed by atoms with E-state index in [2.05, 4.69) is 0 Å². The fourth-order valence-electron chi connectivity index (χ4n) is 1.01. The summed E-state index contributed by atoms with van der Waals surface area (Å²) in [6, 6.07) is 3.39. The molecule has 1 aromatic rings. The third kappa shape index (κ3) is 2.40. The maximum Gasteiger partial charge on any atom is 0.228 e. The van der Waals surface area contributed by atoms with Crippen LogP contribution in [0.15, 0.2) is 12.1 Å². The summed E-state index contributed by atoms with van der Waals surface area (Å²) in [6.45, 7) is -0.876. The lowest BCUT2D eigenvalue weighted by Gasteiger charge is -2.11. The number of hydrogen-bond donors (Lipinski definition) is 0. The third-order valence-electron chi connectivity index (χ3n) is 1.64. The number of halogens is 2. The van der Waals surface area contributed by atoms with Crippen molar-refractivity contribution < 1.29 is 18.6 Å². The molecule has 0 aliphatic carbocycles. The summed E-state index contributed by atoms with van der Waals surface area (Å²) in [6.07, 6.45) is 0. The highest BCUT2D eigenvalue weighted by Crippen LogP contribution is 2.36. The molecule has 0 aliphatic heterocycles. The summed E-state index contributed by atoms with van der Waals surface area (Å²) in [7, 11) is 3.05. The van der Waals surface area contributed by atoms with Crippen LogP contribution in [0.4, 0.5) is 4.39 Å². The Labute approximate surface area is 95.3 Å². The van der Waals surface area contributed by atoms with E-state index in [1.165, 1.54) is 7.11 Å². The molecule has 0 amide bonds. The van der Waals surface area contributed by atoms with Crippen LogP contribution in [0.25, 0.3) is 0 Å². The first-order chi connectivity index (χ1) is 6.72. The van der Waals surface area contributed by atoms with Crippen LogP contribution in [0, 0.1) is 3.57 Å². The number of rotatable bonds is 4. The zero-order valence-corrected chi connectivity index (χ0v) is 10.00. The first-order valence-electron chi connectivity index (χ1n) is 3.83. The molecule has 0 aliphatic rings.